The summed E-state index contributed by atoms with van der Waals surface area (Å²) in [6.45, 7) is 5.26. The van der Waals surface area contributed by atoms with Crippen molar-refractivity contribution in [3.05, 3.63) is 36.7 Å². The quantitative estimate of drug-likeness (QED) is 0.939. The fourth-order valence-electron chi connectivity index (χ4n) is 2.78. The van der Waals surface area contributed by atoms with E-state index in [1.165, 1.54) is 0 Å². The monoisotopic (exact) mass is 286 g/mol. The summed E-state index contributed by atoms with van der Waals surface area (Å²) in [6, 6.07) is 8.65. The molecule has 5 heteroatoms. The van der Waals surface area contributed by atoms with E-state index in [1.807, 2.05) is 18.3 Å². The SMILES string of the molecule is CC(C)C1CC(Nc2ccccc2-n2ccnn2)CCO1. The molecule has 0 bridgehead atoms. The molecule has 1 N–H and O–H groups in total. The molecule has 0 spiro atoms. The van der Waals surface area contributed by atoms with E-state index in [-0.39, 0.29) is 0 Å². The fraction of sp³-hybridized carbons (Fsp3) is 0.500. The normalized spacial score (nSPS) is 22.4. The lowest BCUT2D eigenvalue weighted by Crippen LogP contribution is -2.36. The lowest BCUT2D eigenvalue weighted by Gasteiger charge is -2.33. The van der Waals surface area contributed by atoms with Gasteiger partial charge in [0.05, 0.1) is 29.9 Å². The van der Waals surface area contributed by atoms with Gasteiger partial charge in [-0.3, -0.25) is 0 Å². The van der Waals surface area contributed by atoms with E-state index >= 15 is 0 Å². The molecule has 0 amide bonds. The van der Waals surface area contributed by atoms with Crippen LogP contribution >= 0.6 is 0 Å². The molecular weight excluding hydrogens is 264 g/mol. The zero-order valence-electron chi connectivity index (χ0n) is 12.6. The summed E-state index contributed by atoms with van der Waals surface area (Å²) in [6.07, 6.45) is 5.98. The van der Waals surface area contributed by atoms with Crippen LogP contribution in [0.2, 0.25) is 0 Å². The van der Waals surface area contributed by atoms with Crippen molar-refractivity contribution >= 4 is 5.69 Å². The molecule has 0 radical (unpaired) electrons. The molecule has 1 aromatic carbocycles. The van der Waals surface area contributed by atoms with Crippen LogP contribution in [0.1, 0.15) is 26.7 Å². The Morgan fingerprint density at radius 3 is 2.95 bits per heavy atom. The predicted octanol–water partition coefficient (Wildman–Crippen LogP) is 2.88. The molecule has 2 atom stereocenters. The van der Waals surface area contributed by atoms with Gasteiger partial charge in [0.25, 0.3) is 0 Å². The van der Waals surface area contributed by atoms with Gasteiger partial charge in [0.2, 0.25) is 0 Å². The summed E-state index contributed by atoms with van der Waals surface area (Å²) in [5.74, 6) is 0.556. The van der Waals surface area contributed by atoms with Gasteiger partial charge >= 0.3 is 0 Å². The van der Waals surface area contributed by atoms with Crippen LogP contribution in [0.4, 0.5) is 5.69 Å². The van der Waals surface area contributed by atoms with E-state index in [1.54, 1.807) is 10.9 Å². The van der Waals surface area contributed by atoms with Crippen LogP contribution < -0.4 is 5.32 Å². The molecule has 2 aromatic rings. The van der Waals surface area contributed by atoms with E-state index in [0.717, 1.165) is 30.8 Å². The van der Waals surface area contributed by atoms with Gasteiger partial charge in [0.15, 0.2) is 0 Å². The van der Waals surface area contributed by atoms with E-state index in [9.17, 15) is 0 Å². The largest absolute Gasteiger partial charge is 0.380 e. The molecule has 1 aliphatic rings. The molecule has 1 aromatic heterocycles. The number of nitrogens with one attached hydrogen (secondary N) is 1. The minimum Gasteiger partial charge on any atom is -0.380 e. The first kappa shape index (κ1) is 14.1. The summed E-state index contributed by atoms with van der Waals surface area (Å²) in [5, 5.41) is 11.6. The first-order valence-electron chi connectivity index (χ1n) is 7.58. The highest BCUT2D eigenvalue weighted by Gasteiger charge is 2.25. The van der Waals surface area contributed by atoms with Crippen molar-refractivity contribution in [2.45, 2.75) is 38.8 Å². The van der Waals surface area contributed by atoms with Gasteiger partial charge in [-0.2, -0.15) is 0 Å². The lowest BCUT2D eigenvalue weighted by atomic mass is 9.95. The van der Waals surface area contributed by atoms with E-state index in [0.29, 0.717) is 18.1 Å². The number of para-hydroxylation sites is 2. The van der Waals surface area contributed by atoms with E-state index in [2.05, 4.69) is 41.6 Å². The summed E-state index contributed by atoms with van der Waals surface area (Å²) < 4.78 is 7.64. The maximum absolute atomic E-state index is 5.84. The maximum atomic E-state index is 5.84. The molecule has 2 heterocycles. The van der Waals surface area contributed by atoms with Crippen molar-refractivity contribution in [3.8, 4) is 5.69 Å². The number of benzene rings is 1. The zero-order chi connectivity index (χ0) is 14.7. The first-order valence-corrected chi connectivity index (χ1v) is 7.58. The minimum atomic E-state index is 0.342. The number of rotatable bonds is 4. The van der Waals surface area contributed by atoms with E-state index < -0.39 is 0 Å². The van der Waals surface area contributed by atoms with Gasteiger partial charge in [-0.15, -0.1) is 5.10 Å². The van der Waals surface area contributed by atoms with Crippen molar-refractivity contribution < 1.29 is 4.74 Å². The third kappa shape index (κ3) is 3.24. The Labute approximate surface area is 125 Å². The molecule has 1 aliphatic heterocycles. The Balaban J connectivity index is 1.76. The number of aromatic nitrogens is 3. The molecule has 112 valence electrons. The maximum Gasteiger partial charge on any atom is 0.0894 e. The number of nitrogens with zero attached hydrogens (tertiary/aromatic N) is 3. The molecule has 3 rings (SSSR count). The minimum absolute atomic E-state index is 0.342. The molecule has 5 nitrogen and oxygen atoms in total. The Morgan fingerprint density at radius 2 is 2.19 bits per heavy atom. The second-order valence-electron chi connectivity index (χ2n) is 5.88. The van der Waals surface area contributed by atoms with Crippen LogP contribution in [0.15, 0.2) is 36.7 Å². The summed E-state index contributed by atoms with van der Waals surface area (Å²) in [7, 11) is 0. The third-order valence-corrected chi connectivity index (χ3v) is 3.99. The van der Waals surface area contributed by atoms with Crippen molar-refractivity contribution in [2.75, 3.05) is 11.9 Å². The van der Waals surface area contributed by atoms with Crippen molar-refractivity contribution in [2.24, 2.45) is 5.92 Å². The number of anilines is 1. The van der Waals surface area contributed by atoms with Crippen molar-refractivity contribution in [3.63, 3.8) is 0 Å². The Kier molecular flexibility index (Phi) is 4.20. The Bertz CT molecular complexity index is 567. The van der Waals surface area contributed by atoms with Crippen LogP contribution in [0.5, 0.6) is 0 Å². The molecule has 21 heavy (non-hydrogen) atoms. The summed E-state index contributed by atoms with van der Waals surface area (Å²) in [5.41, 5.74) is 2.12. The Hall–Kier alpha value is -1.88. The lowest BCUT2D eigenvalue weighted by molar-refractivity contribution is -0.0160. The average Bonchev–Trinajstić information content (AvgIpc) is 3.02. The second-order valence-corrected chi connectivity index (χ2v) is 5.88. The highest BCUT2D eigenvalue weighted by Crippen LogP contribution is 2.26. The molecule has 0 aliphatic carbocycles. The highest BCUT2D eigenvalue weighted by molar-refractivity contribution is 5.61. The third-order valence-electron chi connectivity index (χ3n) is 3.99. The van der Waals surface area contributed by atoms with Crippen molar-refractivity contribution in [1.29, 1.82) is 0 Å². The van der Waals surface area contributed by atoms with Gasteiger partial charge in [-0.25, -0.2) is 4.68 Å². The van der Waals surface area contributed by atoms with Crippen LogP contribution in [0.25, 0.3) is 5.69 Å². The van der Waals surface area contributed by atoms with Gasteiger partial charge in [0, 0.05) is 12.6 Å². The smallest absolute Gasteiger partial charge is 0.0894 e. The van der Waals surface area contributed by atoms with Crippen LogP contribution in [-0.2, 0) is 4.74 Å². The van der Waals surface area contributed by atoms with E-state index in [4.69, 9.17) is 4.74 Å². The number of hydrogen-bond acceptors (Lipinski definition) is 4. The standard InChI is InChI=1S/C16H22N4O/c1-12(2)16-11-13(7-10-21-16)18-14-5-3-4-6-15(14)20-9-8-17-19-20/h3-6,8-9,12-13,16,18H,7,10-11H2,1-2H3. The van der Waals surface area contributed by atoms with Gasteiger partial charge in [-0.05, 0) is 30.9 Å². The summed E-state index contributed by atoms with van der Waals surface area (Å²) >= 11 is 0. The first-order chi connectivity index (χ1) is 10.2. The molecule has 1 saturated heterocycles. The molecule has 0 saturated carbocycles. The fourth-order valence-corrected chi connectivity index (χ4v) is 2.78. The number of ether oxygens (including phenoxy) is 1. The van der Waals surface area contributed by atoms with Crippen LogP contribution in [0.3, 0.4) is 0 Å². The molecule has 1 fully saturated rings. The topological polar surface area (TPSA) is 52.0 Å². The highest BCUT2D eigenvalue weighted by atomic mass is 16.5. The second kappa shape index (κ2) is 6.26. The van der Waals surface area contributed by atoms with Crippen LogP contribution in [0, 0.1) is 5.92 Å². The van der Waals surface area contributed by atoms with Gasteiger partial charge in [0.1, 0.15) is 0 Å². The van der Waals surface area contributed by atoms with Gasteiger partial charge in [-0.1, -0.05) is 31.2 Å². The number of hydrogen-bond donors (Lipinski definition) is 1. The molecule has 2 unspecified atom stereocenters. The van der Waals surface area contributed by atoms with Crippen molar-refractivity contribution in [1.82, 2.24) is 15.0 Å². The summed E-state index contributed by atoms with van der Waals surface area (Å²) in [4.78, 5) is 0. The van der Waals surface area contributed by atoms with Crippen LogP contribution in [-0.4, -0.2) is 33.7 Å². The zero-order valence-corrected chi connectivity index (χ0v) is 12.6. The average molecular weight is 286 g/mol. The van der Waals surface area contributed by atoms with Gasteiger partial charge < -0.3 is 10.1 Å². The predicted molar refractivity (Wildman–Crippen MR) is 82.6 cm³/mol. The Morgan fingerprint density at radius 1 is 1.33 bits per heavy atom. The molecular formula is C16H22N4O.